The van der Waals surface area contributed by atoms with E-state index in [4.69, 9.17) is 0 Å². The Kier molecular flexibility index (Phi) is 3.55. The Balaban J connectivity index is 3.01. The van der Waals surface area contributed by atoms with Crippen molar-refractivity contribution in [2.45, 2.75) is 51.2 Å². The molecule has 0 saturated heterocycles. The van der Waals surface area contributed by atoms with Gasteiger partial charge in [0.2, 0.25) is 0 Å². The second kappa shape index (κ2) is 4.21. The lowest BCUT2D eigenvalue weighted by atomic mass is 9.85. The van der Waals surface area contributed by atoms with E-state index in [1.807, 2.05) is 0 Å². The van der Waals surface area contributed by atoms with Crippen LogP contribution < -0.4 is 0 Å². The van der Waals surface area contributed by atoms with Crippen molar-refractivity contribution in [3.05, 3.63) is 35.4 Å². The predicted octanol–water partition coefficient (Wildman–Crippen LogP) is 4.54. The van der Waals surface area contributed by atoms with Gasteiger partial charge in [0.25, 0.3) is 0 Å². The third kappa shape index (κ3) is 3.01. The number of hydrogen-bond donors (Lipinski definition) is 1. The number of thiol groups is 1. The zero-order valence-electron chi connectivity index (χ0n) is 10.5. The molecule has 0 aliphatic rings. The summed E-state index contributed by atoms with van der Waals surface area (Å²) in [6, 6.07) is 8.85. The third-order valence-corrected chi connectivity index (χ3v) is 3.64. The van der Waals surface area contributed by atoms with Crippen molar-refractivity contribution in [1.82, 2.24) is 0 Å². The van der Waals surface area contributed by atoms with Crippen molar-refractivity contribution in [2.24, 2.45) is 0 Å². The van der Waals surface area contributed by atoms with E-state index in [2.05, 4.69) is 71.5 Å². The fourth-order valence-corrected chi connectivity index (χ4v) is 1.68. The number of benzene rings is 1. The highest BCUT2D eigenvalue weighted by Gasteiger charge is 2.20. The molecule has 0 aliphatic heterocycles. The standard InChI is InChI=1S/C14H22S/c1-6-14(5,15)12-9-7-11(8-10-12)13(2,3)4/h7-10,15H,6H2,1-5H3. The summed E-state index contributed by atoms with van der Waals surface area (Å²) in [5.74, 6) is 0. The lowest BCUT2D eigenvalue weighted by molar-refractivity contribution is 0.588. The average molecular weight is 222 g/mol. The molecule has 1 aromatic carbocycles. The Bertz CT molecular complexity index is 314. The van der Waals surface area contributed by atoms with Crippen LogP contribution >= 0.6 is 12.6 Å². The molecule has 0 amide bonds. The van der Waals surface area contributed by atoms with Crippen molar-refractivity contribution in [3.8, 4) is 0 Å². The summed E-state index contributed by atoms with van der Waals surface area (Å²) in [6.07, 6.45) is 1.05. The van der Waals surface area contributed by atoms with Crippen LogP contribution in [-0.4, -0.2) is 0 Å². The molecular formula is C14H22S. The van der Waals surface area contributed by atoms with Gasteiger partial charge in [-0.1, -0.05) is 52.0 Å². The van der Waals surface area contributed by atoms with Gasteiger partial charge in [0.05, 0.1) is 0 Å². The van der Waals surface area contributed by atoms with E-state index in [0.717, 1.165) is 6.42 Å². The molecule has 1 atom stereocenters. The molecule has 0 nitrogen and oxygen atoms in total. The van der Waals surface area contributed by atoms with Gasteiger partial charge in [0.1, 0.15) is 0 Å². The minimum atomic E-state index is -0.00356. The topological polar surface area (TPSA) is 0 Å². The van der Waals surface area contributed by atoms with Crippen LogP contribution in [0.2, 0.25) is 0 Å². The first-order valence-corrected chi connectivity index (χ1v) is 6.05. The van der Waals surface area contributed by atoms with Gasteiger partial charge in [-0.15, -0.1) is 0 Å². The van der Waals surface area contributed by atoms with Gasteiger partial charge in [0.15, 0.2) is 0 Å². The zero-order valence-corrected chi connectivity index (χ0v) is 11.4. The number of hydrogen-bond acceptors (Lipinski definition) is 1. The Morgan fingerprint density at radius 1 is 0.933 bits per heavy atom. The predicted molar refractivity (Wildman–Crippen MR) is 71.8 cm³/mol. The summed E-state index contributed by atoms with van der Waals surface area (Å²) in [4.78, 5) is 0. The first-order chi connectivity index (χ1) is 6.77. The van der Waals surface area contributed by atoms with E-state index < -0.39 is 0 Å². The van der Waals surface area contributed by atoms with Crippen LogP contribution in [0.25, 0.3) is 0 Å². The van der Waals surface area contributed by atoms with Gasteiger partial charge in [-0.05, 0) is 29.9 Å². The second-order valence-corrected chi connectivity index (χ2v) is 6.44. The maximum absolute atomic E-state index is 4.68. The van der Waals surface area contributed by atoms with E-state index in [0.29, 0.717) is 0 Å². The van der Waals surface area contributed by atoms with E-state index in [9.17, 15) is 0 Å². The molecule has 0 spiro atoms. The fraction of sp³-hybridized carbons (Fsp3) is 0.571. The fourth-order valence-electron chi connectivity index (χ4n) is 1.53. The van der Waals surface area contributed by atoms with Gasteiger partial charge in [-0.2, -0.15) is 12.6 Å². The molecule has 15 heavy (non-hydrogen) atoms. The van der Waals surface area contributed by atoms with Crippen LogP contribution in [0.3, 0.4) is 0 Å². The van der Waals surface area contributed by atoms with Gasteiger partial charge in [0, 0.05) is 4.75 Å². The maximum atomic E-state index is 4.68. The molecule has 0 bridgehead atoms. The van der Waals surface area contributed by atoms with Crippen molar-refractivity contribution in [2.75, 3.05) is 0 Å². The molecule has 0 saturated carbocycles. The molecule has 0 heterocycles. The van der Waals surface area contributed by atoms with Crippen molar-refractivity contribution < 1.29 is 0 Å². The Morgan fingerprint density at radius 2 is 1.33 bits per heavy atom. The molecular weight excluding hydrogens is 200 g/mol. The lowest BCUT2D eigenvalue weighted by Gasteiger charge is -2.24. The van der Waals surface area contributed by atoms with Crippen LogP contribution in [0.15, 0.2) is 24.3 Å². The first kappa shape index (κ1) is 12.6. The van der Waals surface area contributed by atoms with Gasteiger partial charge in [-0.3, -0.25) is 0 Å². The molecule has 1 rings (SSSR count). The lowest BCUT2D eigenvalue weighted by Crippen LogP contribution is -2.14. The SMILES string of the molecule is CCC(C)(S)c1ccc(C(C)(C)C)cc1. The van der Waals surface area contributed by atoms with Crippen LogP contribution in [-0.2, 0) is 10.2 Å². The molecule has 0 N–H and O–H groups in total. The highest BCUT2D eigenvalue weighted by Crippen LogP contribution is 2.32. The zero-order chi connectivity index (χ0) is 11.7. The molecule has 0 aromatic heterocycles. The van der Waals surface area contributed by atoms with Crippen LogP contribution in [0.1, 0.15) is 52.2 Å². The monoisotopic (exact) mass is 222 g/mol. The summed E-state index contributed by atoms with van der Waals surface area (Å²) in [6.45, 7) is 11.1. The minimum absolute atomic E-state index is 0.00356. The summed E-state index contributed by atoms with van der Waals surface area (Å²) >= 11 is 4.68. The van der Waals surface area contributed by atoms with E-state index in [1.165, 1.54) is 11.1 Å². The molecule has 1 heteroatoms. The van der Waals surface area contributed by atoms with E-state index in [-0.39, 0.29) is 10.2 Å². The van der Waals surface area contributed by atoms with Crippen LogP contribution in [0.5, 0.6) is 0 Å². The summed E-state index contributed by atoms with van der Waals surface area (Å²) in [5.41, 5.74) is 2.92. The summed E-state index contributed by atoms with van der Waals surface area (Å²) in [5, 5.41) is 0. The van der Waals surface area contributed by atoms with E-state index in [1.54, 1.807) is 0 Å². The van der Waals surface area contributed by atoms with E-state index >= 15 is 0 Å². The summed E-state index contributed by atoms with van der Waals surface area (Å²) in [7, 11) is 0. The molecule has 1 unspecified atom stereocenters. The summed E-state index contributed by atoms with van der Waals surface area (Å²) < 4.78 is -0.00356. The van der Waals surface area contributed by atoms with Crippen LogP contribution in [0.4, 0.5) is 0 Å². The Hall–Kier alpha value is -0.430. The third-order valence-electron chi connectivity index (χ3n) is 3.06. The molecule has 0 aliphatic carbocycles. The normalized spacial score (nSPS) is 16.1. The highest BCUT2D eigenvalue weighted by molar-refractivity contribution is 7.81. The first-order valence-electron chi connectivity index (χ1n) is 5.61. The largest absolute Gasteiger partial charge is 0.168 e. The second-order valence-electron chi connectivity index (χ2n) is 5.45. The number of rotatable bonds is 2. The Labute approximate surface area is 99.5 Å². The minimum Gasteiger partial charge on any atom is -0.168 e. The molecule has 0 radical (unpaired) electrons. The van der Waals surface area contributed by atoms with Crippen molar-refractivity contribution >= 4 is 12.6 Å². The van der Waals surface area contributed by atoms with Gasteiger partial charge < -0.3 is 0 Å². The smallest absolute Gasteiger partial charge is 0.0347 e. The van der Waals surface area contributed by atoms with Gasteiger partial charge in [-0.25, -0.2) is 0 Å². The van der Waals surface area contributed by atoms with Crippen molar-refractivity contribution in [1.29, 1.82) is 0 Å². The Morgan fingerprint density at radius 3 is 1.67 bits per heavy atom. The molecule has 84 valence electrons. The maximum Gasteiger partial charge on any atom is 0.0347 e. The highest BCUT2D eigenvalue weighted by atomic mass is 32.1. The van der Waals surface area contributed by atoms with Crippen LogP contribution in [0, 0.1) is 0 Å². The van der Waals surface area contributed by atoms with Gasteiger partial charge >= 0.3 is 0 Å². The quantitative estimate of drug-likeness (QED) is 0.698. The molecule has 0 fully saturated rings. The average Bonchev–Trinajstić information content (AvgIpc) is 2.17. The molecule has 1 aromatic rings. The van der Waals surface area contributed by atoms with Crippen molar-refractivity contribution in [3.63, 3.8) is 0 Å².